The number of rotatable bonds is 4. The zero-order valence-electron chi connectivity index (χ0n) is 31.2. The first kappa shape index (κ1) is 32.5. The molecule has 5 heteroatoms. The quantitative estimate of drug-likeness (QED) is 0.180. The van der Waals surface area contributed by atoms with Gasteiger partial charge in [-0.1, -0.05) is 152 Å². The molecule has 0 N–H and O–H groups in total. The average Bonchev–Trinajstić information content (AvgIpc) is 3.75. The van der Waals surface area contributed by atoms with Crippen molar-refractivity contribution in [2.24, 2.45) is 0 Å². The Morgan fingerprint density at radius 3 is 1.81 bits per heavy atom. The van der Waals surface area contributed by atoms with E-state index in [2.05, 4.69) is 127 Å². The van der Waals surface area contributed by atoms with Crippen LogP contribution in [0.3, 0.4) is 0 Å². The summed E-state index contributed by atoms with van der Waals surface area (Å²) in [5.41, 5.74) is 16.1. The molecule has 2 aliphatic carbocycles. The fraction of sp³-hybridized carbons (Fsp3) is 0.0189. The molecule has 0 saturated heterocycles. The van der Waals surface area contributed by atoms with Crippen LogP contribution in [0.2, 0.25) is 0 Å². The van der Waals surface area contributed by atoms with Crippen molar-refractivity contribution in [2.45, 2.75) is 5.41 Å². The number of nitrogens with zero attached hydrogens (tertiary/aromatic N) is 4. The summed E-state index contributed by atoms with van der Waals surface area (Å²) >= 11 is 0. The second-order valence-corrected chi connectivity index (χ2v) is 15.0. The molecule has 0 bridgehead atoms. The van der Waals surface area contributed by atoms with Crippen LogP contribution in [0, 0.1) is 0 Å². The molecule has 12 rings (SSSR count). The highest BCUT2D eigenvalue weighted by molar-refractivity contribution is 6.08. The first-order valence-electron chi connectivity index (χ1n) is 19.5. The summed E-state index contributed by atoms with van der Waals surface area (Å²) in [5.74, 6) is 1.31. The lowest BCUT2D eigenvalue weighted by Crippen LogP contribution is -2.30. The highest BCUT2D eigenvalue weighted by atomic mass is 16.3. The third-order valence-corrected chi connectivity index (χ3v) is 11.8. The Hall–Kier alpha value is -7.76. The van der Waals surface area contributed by atoms with Gasteiger partial charge in [-0.3, -0.25) is 0 Å². The van der Waals surface area contributed by atoms with Crippen LogP contribution in [0.1, 0.15) is 33.4 Å². The molecule has 5 nitrogen and oxygen atoms in total. The maximum Gasteiger partial charge on any atom is 0.160 e. The van der Waals surface area contributed by atoms with Crippen molar-refractivity contribution in [3.05, 3.63) is 216 Å². The number of aromatic nitrogens is 4. The smallest absolute Gasteiger partial charge is 0.160 e. The molecule has 1 spiro atoms. The highest BCUT2D eigenvalue weighted by Crippen LogP contribution is 2.59. The predicted octanol–water partition coefficient (Wildman–Crippen LogP) is 12.7. The molecule has 2 aliphatic rings. The van der Waals surface area contributed by atoms with E-state index in [-0.39, 0.29) is 0 Å². The minimum Gasteiger partial charge on any atom is -0.456 e. The molecule has 1 atom stereocenters. The molecule has 270 valence electrons. The summed E-state index contributed by atoms with van der Waals surface area (Å²) in [6.45, 7) is 0. The molecule has 0 fully saturated rings. The van der Waals surface area contributed by atoms with E-state index in [1.807, 2.05) is 67.0 Å². The lowest BCUT2D eigenvalue weighted by molar-refractivity contribution is 0.666. The van der Waals surface area contributed by atoms with E-state index in [4.69, 9.17) is 24.4 Å². The summed E-state index contributed by atoms with van der Waals surface area (Å²) < 4.78 is 6.61. The van der Waals surface area contributed by atoms with Crippen LogP contribution < -0.4 is 0 Å². The maximum atomic E-state index is 6.61. The lowest BCUT2D eigenvalue weighted by atomic mass is 9.65. The standard InChI is InChI=1S/C53H32N4O/c1-3-14-35(15-4-1)51-54-31-38(32-55-51)48-30-47(56-52(57-48)36-16-5-2-6-17-36)37-26-25-34-24-23-33-13-7-10-20-43(33)53(45(34)27-37)44-21-11-8-18-39(44)41-28-42-40-19-9-12-22-49(40)58-50(42)29-46(41)53/h1-32H. The van der Waals surface area contributed by atoms with Gasteiger partial charge in [0.15, 0.2) is 11.6 Å². The monoisotopic (exact) mass is 740 g/mol. The number of furan rings is 1. The van der Waals surface area contributed by atoms with Gasteiger partial charge in [0.25, 0.3) is 0 Å². The Morgan fingerprint density at radius 1 is 0.379 bits per heavy atom. The van der Waals surface area contributed by atoms with Crippen LogP contribution in [0.25, 0.3) is 90.5 Å². The molecule has 58 heavy (non-hydrogen) atoms. The Morgan fingerprint density at radius 2 is 1.02 bits per heavy atom. The predicted molar refractivity (Wildman–Crippen MR) is 233 cm³/mol. The molecule has 0 amide bonds. The molecule has 3 heterocycles. The largest absolute Gasteiger partial charge is 0.456 e. The molecular formula is C53H32N4O. The first-order valence-corrected chi connectivity index (χ1v) is 19.5. The first-order chi connectivity index (χ1) is 28.7. The van der Waals surface area contributed by atoms with Crippen LogP contribution >= 0.6 is 0 Å². The number of benzene rings is 7. The molecule has 0 aliphatic heterocycles. The Balaban J connectivity index is 1.11. The van der Waals surface area contributed by atoms with Crippen molar-refractivity contribution in [3.63, 3.8) is 0 Å². The maximum absolute atomic E-state index is 6.61. The van der Waals surface area contributed by atoms with Crippen molar-refractivity contribution in [2.75, 3.05) is 0 Å². The van der Waals surface area contributed by atoms with Crippen LogP contribution in [0.15, 0.2) is 187 Å². The van der Waals surface area contributed by atoms with Crippen LogP contribution in [0.4, 0.5) is 0 Å². The molecule has 10 aromatic rings. The lowest BCUT2D eigenvalue weighted by Gasteiger charge is -2.35. The second-order valence-electron chi connectivity index (χ2n) is 15.0. The third kappa shape index (κ3) is 4.83. The Kier molecular flexibility index (Phi) is 7.07. The highest BCUT2D eigenvalue weighted by Gasteiger charge is 2.49. The summed E-state index contributed by atoms with van der Waals surface area (Å²) in [4.78, 5) is 19.9. The number of hydrogen-bond acceptors (Lipinski definition) is 5. The molecule has 7 aromatic carbocycles. The van der Waals surface area contributed by atoms with Crippen LogP contribution in [-0.2, 0) is 5.41 Å². The Labute approximate surface area is 334 Å². The number of para-hydroxylation sites is 1. The van der Waals surface area contributed by atoms with E-state index < -0.39 is 5.41 Å². The number of hydrogen-bond donors (Lipinski definition) is 0. The van der Waals surface area contributed by atoms with E-state index in [1.54, 1.807) is 0 Å². The van der Waals surface area contributed by atoms with Gasteiger partial charge < -0.3 is 4.42 Å². The molecular weight excluding hydrogens is 709 g/mol. The van der Waals surface area contributed by atoms with E-state index in [1.165, 1.54) is 38.9 Å². The van der Waals surface area contributed by atoms with Gasteiger partial charge in [-0.15, -0.1) is 0 Å². The van der Waals surface area contributed by atoms with Gasteiger partial charge in [0.2, 0.25) is 0 Å². The van der Waals surface area contributed by atoms with Crippen LogP contribution in [0.5, 0.6) is 0 Å². The minimum atomic E-state index is -0.649. The summed E-state index contributed by atoms with van der Waals surface area (Å²) in [6.07, 6.45) is 8.24. The molecule has 0 radical (unpaired) electrons. The number of fused-ring (bicyclic) bond motifs is 12. The van der Waals surface area contributed by atoms with E-state index in [0.29, 0.717) is 11.6 Å². The fourth-order valence-electron chi connectivity index (χ4n) is 9.22. The molecule has 3 aromatic heterocycles. The van der Waals surface area contributed by atoms with Gasteiger partial charge in [0.05, 0.1) is 16.8 Å². The summed E-state index contributed by atoms with van der Waals surface area (Å²) in [5, 5.41) is 2.25. The van der Waals surface area contributed by atoms with Gasteiger partial charge in [0.1, 0.15) is 11.2 Å². The van der Waals surface area contributed by atoms with Crippen molar-refractivity contribution < 1.29 is 4.42 Å². The minimum absolute atomic E-state index is 0.638. The van der Waals surface area contributed by atoms with E-state index in [9.17, 15) is 0 Å². The van der Waals surface area contributed by atoms with Gasteiger partial charge >= 0.3 is 0 Å². The normalized spacial score (nSPS) is 14.9. The Bertz CT molecular complexity index is 3280. The topological polar surface area (TPSA) is 64.7 Å². The second kappa shape index (κ2) is 12.6. The van der Waals surface area contributed by atoms with Crippen molar-refractivity contribution in [1.29, 1.82) is 0 Å². The van der Waals surface area contributed by atoms with Crippen molar-refractivity contribution >= 4 is 34.1 Å². The van der Waals surface area contributed by atoms with Gasteiger partial charge in [-0.2, -0.15) is 0 Å². The SMILES string of the molecule is C1=Cc2ccc(-c3cc(-c4cnc(-c5ccccc5)nc4)nc(-c4ccccc4)n3)cc2C2(c3ccccc31)c1ccccc1-c1cc3c(cc12)oc1ccccc13. The van der Waals surface area contributed by atoms with Gasteiger partial charge in [-0.05, 0) is 74.8 Å². The third-order valence-electron chi connectivity index (χ3n) is 11.8. The van der Waals surface area contributed by atoms with Gasteiger partial charge in [-0.25, -0.2) is 19.9 Å². The van der Waals surface area contributed by atoms with Crippen molar-refractivity contribution in [3.8, 4) is 56.4 Å². The van der Waals surface area contributed by atoms with Crippen LogP contribution in [-0.4, -0.2) is 19.9 Å². The molecule has 0 saturated carbocycles. The molecule has 1 unspecified atom stereocenters. The zero-order chi connectivity index (χ0) is 38.2. The zero-order valence-corrected chi connectivity index (χ0v) is 31.2. The summed E-state index contributed by atoms with van der Waals surface area (Å²) in [6, 6.07) is 59.7. The van der Waals surface area contributed by atoms with E-state index >= 15 is 0 Å². The average molecular weight is 741 g/mol. The van der Waals surface area contributed by atoms with E-state index in [0.717, 1.165) is 61.1 Å². The van der Waals surface area contributed by atoms with Crippen molar-refractivity contribution in [1.82, 2.24) is 19.9 Å². The fourth-order valence-corrected chi connectivity index (χ4v) is 9.22. The van der Waals surface area contributed by atoms with Gasteiger partial charge in [0, 0.05) is 45.4 Å². The summed E-state index contributed by atoms with van der Waals surface area (Å²) in [7, 11) is 0.